The monoisotopic (exact) mass is 224 g/mol. The van der Waals surface area contributed by atoms with Crippen LogP contribution in [-0.4, -0.2) is 57.1 Å². The third-order valence-corrected chi connectivity index (χ3v) is 3.24. The third-order valence-electron chi connectivity index (χ3n) is 2.46. The van der Waals surface area contributed by atoms with Crippen LogP contribution in [0, 0.1) is 0 Å². The van der Waals surface area contributed by atoms with E-state index in [9.17, 15) is 0 Å². The molecule has 0 aliphatic carbocycles. The summed E-state index contributed by atoms with van der Waals surface area (Å²) in [6.07, 6.45) is 0. The molecule has 1 unspecified atom stereocenters. The second-order valence-corrected chi connectivity index (χ2v) is 3.36. The van der Waals surface area contributed by atoms with Crippen LogP contribution in [-0.2, 0) is 23.4 Å². The van der Waals surface area contributed by atoms with Crippen molar-refractivity contribution in [3.8, 4) is 0 Å². The molecule has 86 valence electrons. The molecule has 0 rings (SSSR count). The molecule has 0 aliphatic heterocycles. The lowest BCUT2D eigenvalue weighted by Gasteiger charge is -2.43. The fraction of sp³-hybridized carbons (Fsp3) is 1.00. The minimum Gasteiger partial charge on any atom is -0.398 e. The van der Waals surface area contributed by atoms with E-state index in [-0.39, 0.29) is 6.61 Å². The number of hydrogen-bond donors (Lipinski definition) is 0. The SMILES string of the molecule is COCC(OC)(OC)C(C)(OC)O[SiH3]. The zero-order valence-electron chi connectivity index (χ0n) is 9.75. The Hall–Kier alpha value is 0.0169. The quantitative estimate of drug-likeness (QED) is 0.422. The smallest absolute Gasteiger partial charge is 0.246 e. The number of ether oxygens (including phenoxy) is 4. The zero-order valence-corrected chi connectivity index (χ0v) is 11.7. The van der Waals surface area contributed by atoms with Crippen LogP contribution in [0.15, 0.2) is 0 Å². The second-order valence-electron chi connectivity index (χ2n) is 2.95. The topological polar surface area (TPSA) is 46.2 Å². The van der Waals surface area contributed by atoms with E-state index in [4.69, 9.17) is 23.4 Å². The van der Waals surface area contributed by atoms with Crippen LogP contribution in [0.3, 0.4) is 0 Å². The Bertz CT molecular complexity index is 156. The first kappa shape index (κ1) is 14.0. The van der Waals surface area contributed by atoms with Gasteiger partial charge in [-0.05, 0) is 6.92 Å². The lowest BCUT2D eigenvalue weighted by molar-refractivity contribution is -0.372. The highest BCUT2D eigenvalue weighted by atomic mass is 28.2. The maximum atomic E-state index is 5.37. The molecule has 0 spiro atoms. The van der Waals surface area contributed by atoms with Crippen molar-refractivity contribution in [3.05, 3.63) is 0 Å². The van der Waals surface area contributed by atoms with Gasteiger partial charge in [0.1, 0.15) is 17.1 Å². The number of methoxy groups -OCH3 is 4. The van der Waals surface area contributed by atoms with Gasteiger partial charge in [-0.3, -0.25) is 0 Å². The van der Waals surface area contributed by atoms with E-state index in [1.807, 2.05) is 0 Å². The highest BCUT2D eigenvalue weighted by Gasteiger charge is 2.51. The maximum absolute atomic E-state index is 5.37. The van der Waals surface area contributed by atoms with E-state index in [1.165, 1.54) is 14.2 Å². The van der Waals surface area contributed by atoms with Gasteiger partial charge in [-0.15, -0.1) is 0 Å². The normalized spacial score (nSPS) is 16.9. The van der Waals surface area contributed by atoms with Crippen molar-refractivity contribution in [3.63, 3.8) is 0 Å². The molecule has 0 amide bonds. The van der Waals surface area contributed by atoms with Crippen LogP contribution >= 0.6 is 0 Å². The molecule has 0 heterocycles. The average Bonchev–Trinajstić information content (AvgIpc) is 2.24. The summed E-state index contributed by atoms with van der Waals surface area (Å²) in [6.45, 7) is 1.98. The third kappa shape index (κ3) is 2.33. The second kappa shape index (κ2) is 5.79. The number of rotatable bonds is 7. The van der Waals surface area contributed by atoms with E-state index in [0.717, 1.165) is 0 Å². The zero-order chi connectivity index (χ0) is 11.2. The summed E-state index contributed by atoms with van der Waals surface area (Å²) in [4.78, 5) is 0. The fourth-order valence-corrected chi connectivity index (χ4v) is 1.77. The summed E-state index contributed by atoms with van der Waals surface area (Å²) in [7, 11) is 6.68. The molecule has 0 aromatic carbocycles. The van der Waals surface area contributed by atoms with Gasteiger partial charge in [0.15, 0.2) is 0 Å². The van der Waals surface area contributed by atoms with Gasteiger partial charge in [0, 0.05) is 28.4 Å². The first-order valence-corrected chi connectivity index (χ1v) is 5.07. The maximum Gasteiger partial charge on any atom is 0.246 e. The summed E-state index contributed by atoms with van der Waals surface area (Å²) in [6, 6.07) is 0. The van der Waals surface area contributed by atoms with Gasteiger partial charge >= 0.3 is 0 Å². The molecular weight excluding hydrogens is 204 g/mol. The molecule has 6 heteroatoms. The molecular formula is C8H20O5Si. The summed E-state index contributed by atoms with van der Waals surface area (Å²) >= 11 is 0. The van der Waals surface area contributed by atoms with Crippen LogP contribution in [0.5, 0.6) is 0 Å². The van der Waals surface area contributed by atoms with Gasteiger partial charge in [-0.25, -0.2) is 0 Å². The van der Waals surface area contributed by atoms with Crippen molar-refractivity contribution < 1.29 is 23.4 Å². The molecule has 0 N–H and O–H groups in total. The molecule has 1 atom stereocenters. The van der Waals surface area contributed by atoms with Crippen LogP contribution in [0.25, 0.3) is 0 Å². The molecule has 0 saturated heterocycles. The summed E-state index contributed by atoms with van der Waals surface area (Å²) in [5.74, 6) is -2.00. The van der Waals surface area contributed by atoms with E-state index >= 15 is 0 Å². The van der Waals surface area contributed by atoms with Gasteiger partial charge in [0.2, 0.25) is 11.6 Å². The van der Waals surface area contributed by atoms with Crippen LogP contribution in [0.4, 0.5) is 0 Å². The first-order valence-electron chi connectivity index (χ1n) is 4.25. The Kier molecular flexibility index (Phi) is 5.80. The molecule has 0 aromatic rings. The Balaban J connectivity index is 4.92. The lowest BCUT2D eigenvalue weighted by atomic mass is 10.1. The summed E-state index contributed by atoms with van der Waals surface area (Å²) < 4.78 is 26.3. The van der Waals surface area contributed by atoms with E-state index in [2.05, 4.69) is 0 Å². The Labute approximate surface area is 88.2 Å². The van der Waals surface area contributed by atoms with Crippen molar-refractivity contribution in [2.45, 2.75) is 18.5 Å². The van der Waals surface area contributed by atoms with Gasteiger partial charge < -0.3 is 23.4 Å². The first-order chi connectivity index (χ1) is 6.55. The highest BCUT2D eigenvalue weighted by molar-refractivity contribution is 5.98. The van der Waals surface area contributed by atoms with Crippen molar-refractivity contribution in [1.82, 2.24) is 0 Å². The molecule has 0 aromatic heterocycles. The van der Waals surface area contributed by atoms with E-state index in [1.54, 1.807) is 21.1 Å². The molecule has 14 heavy (non-hydrogen) atoms. The van der Waals surface area contributed by atoms with Gasteiger partial charge in [0.05, 0.1) is 0 Å². The van der Waals surface area contributed by atoms with Crippen LogP contribution in [0.1, 0.15) is 6.92 Å². The van der Waals surface area contributed by atoms with Gasteiger partial charge in [0.25, 0.3) is 0 Å². The predicted octanol–water partition coefficient (Wildman–Crippen LogP) is -0.719. The fourth-order valence-electron chi connectivity index (χ4n) is 1.29. The Morgan fingerprint density at radius 2 is 1.50 bits per heavy atom. The molecule has 0 fully saturated rings. The number of hydrogen-bond acceptors (Lipinski definition) is 5. The Morgan fingerprint density at radius 3 is 1.71 bits per heavy atom. The van der Waals surface area contributed by atoms with Gasteiger partial charge in [-0.2, -0.15) is 0 Å². The minimum atomic E-state index is -1.04. The van der Waals surface area contributed by atoms with E-state index in [0.29, 0.717) is 10.5 Å². The van der Waals surface area contributed by atoms with E-state index < -0.39 is 11.6 Å². The van der Waals surface area contributed by atoms with Crippen LogP contribution < -0.4 is 0 Å². The predicted molar refractivity (Wildman–Crippen MR) is 55.1 cm³/mol. The summed E-state index contributed by atoms with van der Waals surface area (Å²) in [5.41, 5.74) is 0. The minimum absolute atomic E-state index is 0.229. The Morgan fingerprint density at radius 1 is 1.00 bits per heavy atom. The van der Waals surface area contributed by atoms with Crippen molar-refractivity contribution in [1.29, 1.82) is 0 Å². The standard InChI is InChI=1S/C8H20O5Si/c1-7(10-3,13-14)8(11-4,12-5)6-9-2/h6H2,1-5,14H3. The molecule has 0 radical (unpaired) electrons. The summed E-state index contributed by atoms with van der Waals surface area (Å²) in [5, 5.41) is 0. The lowest BCUT2D eigenvalue weighted by Crippen LogP contribution is -2.60. The highest BCUT2D eigenvalue weighted by Crippen LogP contribution is 2.30. The molecule has 0 bridgehead atoms. The largest absolute Gasteiger partial charge is 0.398 e. The molecule has 0 aliphatic rings. The molecule has 0 saturated carbocycles. The van der Waals surface area contributed by atoms with Gasteiger partial charge in [-0.1, -0.05) is 0 Å². The van der Waals surface area contributed by atoms with Crippen molar-refractivity contribution in [2.24, 2.45) is 0 Å². The van der Waals surface area contributed by atoms with Crippen molar-refractivity contribution >= 4 is 10.5 Å². The molecule has 5 nitrogen and oxygen atoms in total. The van der Waals surface area contributed by atoms with Crippen molar-refractivity contribution in [2.75, 3.05) is 35.0 Å². The van der Waals surface area contributed by atoms with Crippen LogP contribution in [0.2, 0.25) is 0 Å². The average molecular weight is 224 g/mol.